The molecule has 0 radical (unpaired) electrons. The van der Waals surface area contributed by atoms with Crippen LogP contribution in [0.15, 0.2) is 30.3 Å². The molecule has 1 heterocycles. The maximum atomic E-state index is 11.0. The van der Waals surface area contributed by atoms with Gasteiger partial charge in [0.25, 0.3) is 5.69 Å². The van der Waals surface area contributed by atoms with E-state index in [1.165, 1.54) is 12.1 Å². The van der Waals surface area contributed by atoms with Crippen LogP contribution in [0, 0.1) is 10.1 Å². The second-order valence-electron chi connectivity index (χ2n) is 8.96. The summed E-state index contributed by atoms with van der Waals surface area (Å²) in [5, 5.41) is 22.0. The third-order valence-electron chi connectivity index (χ3n) is 4.72. The third-order valence-corrected chi connectivity index (χ3v) is 4.72. The quantitative estimate of drug-likeness (QED) is 0.466. The highest BCUT2D eigenvalue weighted by Crippen LogP contribution is 2.41. The number of aromatic nitrogens is 2. The lowest BCUT2D eigenvalue weighted by Gasteiger charge is -2.27. The van der Waals surface area contributed by atoms with Crippen molar-refractivity contribution in [3.8, 4) is 17.1 Å². The van der Waals surface area contributed by atoms with E-state index in [0.29, 0.717) is 22.4 Å². The average Bonchev–Trinajstić information content (AvgIpc) is 2.95. The molecule has 0 aliphatic carbocycles. The number of nitrogens with zero attached hydrogens (tertiary/aromatic N) is 2. The van der Waals surface area contributed by atoms with Gasteiger partial charge >= 0.3 is 0 Å². The summed E-state index contributed by atoms with van der Waals surface area (Å²) in [6.45, 7) is 12.5. The van der Waals surface area contributed by atoms with E-state index in [2.05, 4.69) is 51.5 Å². The molecule has 0 fully saturated rings. The molecule has 1 aromatic heterocycles. The number of H-pyrrole nitrogens is 1. The highest BCUT2D eigenvalue weighted by molar-refractivity contribution is 5.83. The number of nitro groups is 1. The first-order valence-corrected chi connectivity index (χ1v) is 8.90. The first-order valence-electron chi connectivity index (χ1n) is 8.90. The molecule has 0 aliphatic rings. The van der Waals surface area contributed by atoms with Gasteiger partial charge in [0.15, 0.2) is 0 Å². The summed E-state index contributed by atoms with van der Waals surface area (Å²) in [6.07, 6.45) is 0. The Kier molecular flexibility index (Phi) is 4.25. The number of phenols is 1. The molecule has 0 spiro atoms. The second kappa shape index (κ2) is 6.08. The number of nitro benzene ring substituents is 1. The van der Waals surface area contributed by atoms with Crippen molar-refractivity contribution in [1.82, 2.24) is 9.97 Å². The SMILES string of the molecule is CC(C)(C)c1cc(-c2nc3ccc([N+](=O)[O-])cc3[nH]2)c(O)c(C(C)(C)C)c1. The Balaban J connectivity index is 2.27. The zero-order valence-corrected chi connectivity index (χ0v) is 16.5. The van der Waals surface area contributed by atoms with Gasteiger partial charge in [0, 0.05) is 17.7 Å². The number of non-ortho nitro benzene ring substituents is 1. The Bertz CT molecular complexity index is 1040. The number of aromatic hydroxyl groups is 1. The van der Waals surface area contributed by atoms with E-state index in [0.717, 1.165) is 11.1 Å². The van der Waals surface area contributed by atoms with Crippen LogP contribution in [0.5, 0.6) is 5.75 Å². The van der Waals surface area contributed by atoms with Gasteiger partial charge in [0.2, 0.25) is 0 Å². The van der Waals surface area contributed by atoms with Crippen molar-refractivity contribution < 1.29 is 10.0 Å². The number of hydrogen-bond acceptors (Lipinski definition) is 4. The van der Waals surface area contributed by atoms with Crippen molar-refractivity contribution in [3.63, 3.8) is 0 Å². The van der Waals surface area contributed by atoms with E-state index in [1.54, 1.807) is 6.07 Å². The van der Waals surface area contributed by atoms with Crippen LogP contribution in [0.25, 0.3) is 22.4 Å². The van der Waals surface area contributed by atoms with Crippen molar-refractivity contribution in [2.24, 2.45) is 0 Å². The van der Waals surface area contributed by atoms with Crippen LogP contribution in [0.3, 0.4) is 0 Å². The first kappa shape index (κ1) is 18.9. The maximum absolute atomic E-state index is 11.0. The van der Waals surface area contributed by atoms with E-state index in [9.17, 15) is 15.2 Å². The maximum Gasteiger partial charge on any atom is 0.271 e. The minimum atomic E-state index is -0.435. The number of aromatic amines is 1. The van der Waals surface area contributed by atoms with Crippen molar-refractivity contribution >= 4 is 16.7 Å². The minimum absolute atomic E-state index is 0.000690. The van der Waals surface area contributed by atoms with Crippen molar-refractivity contribution in [1.29, 1.82) is 0 Å². The lowest BCUT2D eigenvalue weighted by Crippen LogP contribution is -2.17. The normalized spacial score (nSPS) is 12.5. The largest absolute Gasteiger partial charge is 0.507 e. The Morgan fingerprint density at radius 3 is 2.26 bits per heavy atom. The van der Waals surface area contributed by atoms with E-state index < -0.39 is 4.92 Å². The van der Waals surface area contributed by atoms with Crippen LogP contribution < -0.4 is 0 Å². The molecule has 0 saturated carbocycles. The topological polar surface area (TPSA) is 92.0 Å². The molecule has 3 rings (SSSR count). The molecule has 0 unspecified atom stereocenters. The predicted octanol–water partition coefficient (Wildman–Crippen LogP) is 5.44. The standard InChI is InChI=1S/C21H25N3O3/c1-20(2,3)12-9-14(18(25)15(10-12)21(4,5)6)19-22-16-8-7-13(24(26)27)11-17(16)23-19/h7-11,25H,1-6H3,(H,22,23). The summed E-state index contributed by atoms with van der Waals surface area (Å²) < 4.78 is 0. The number of nitrogens with one attached hydrogen (secondary N) is 1. The van der Waals surface area contributed by atoms with Crippen LogP contribution in [0.1, 0.15) is 52.7 Å². The second-order valence-corrected chi connectivity index (χ2v) is 8.96. The third kappa shape index (κ3) is 3.52. The Labute approximate surface area is 158 Å². The molecule has 6 nitrogen and oxygen atoms in total. The number of hydrogen-bond donors (Lipinski definition) is 2. The average molecular weight is 367 g/mol. The fraction of sp³-hybridized carbons (Fsp3) is 0.381. The van der Waals surface area contributed by atoms with Gasteiger partial charge in [-0.05, 0) is 28.5 Å². The molecule has 27 heavy (non-hydrogen) atoms. The molecule has 2 N–H and O–H groups in total. The molecule has 0 aliphatic heterocycles. The van der Waals surface area contributed by atoms with Crippen molar-refractivity contribution in [2.75, 3.05) is 0 Å². The van der Waals surface area contributed by atoms with Gasteiger partial charge < -0.3 is 10.1 Å². The Morgan fingerprint density at radius 1 is 1.04 bits per heavy atom. The number of benzene rings is 2. The number of imidazole rings is 1. The summed E-state index contributed by atoms with van der Waals surface area (Å²) in [6, 6.07) is 8.49. The van der Waals surface area contributed by atoms with E-state index in [-0.39, 0.29) is 22.3 Å². The molecule has 0 saturated heterocycles. The van der Waals surface area contributed by atoms with Gasteiger partial charge in [-0.2, -0.15) is 0 Å². The lowest BCUT2D eigenvalue weighted by atomic mass is 9.79. The van der Waals surface area contributed by atoms with E-state index in [4.69, 9.17) is 0 Å². The number of rotatable bonds is 2. The Morgan fingerprint density at radius 2 is 1.70 bits per heavy atom. The first-order chi connectivity index (χ1) is 12.4. The van der Waals surface area contributed by atoms with E-state index in [1.807, 2.05) is 12.1 Å². The summed E-state index contributed by atoms with van der Waals surface area (Å²) in [5.41, 5.74) is 3.37. The van der Waals surface area contributed by atoms with Crippen LogP contribution in [-0.4, -0.2) is 20.0 Å². The lowest BCUT2D eigenvalue weighted by molar-refractivity contribution is -0.384. The molecule has 142 valence electrons. The summed E-state index contributed by atoms with van der Waals surface area (Å²) in [4.78, 5) is 18.3. The van der Waals surface area contributed by atoms with E-state index >= 15 is 0 Å². The van der Waals surface area contributed by atoms with Gasteiger partial charge in [-0.25, -0.2) is 4.98 Å². The number of fused-ring (bicyclic) bond motifs is 1. The summed E-state index contributed by atoms with van der Waals surface area (Å²) in [7, 11) is 0. The minimum Gasteiger partial charge on any atom is -0.507 e. The highest BCUT2D eigenvalue weighted by Gasteiger charge is 2.26. The molecular weight excluding hydrogens is 342 g/mol. The molecule has 2 aromatic carbocycles. The van der Waals surface area contributed by atoms with Crippen LogP contribution in [0.2, 0.25) is 0 Å². The van der Waals surface area contributed by atoms with Crippen molar-refractivity contribution in [2.45, 2.75) is 52.4 Å². The van der Waals surface area contributed by atoms with Crippen LogP contribution in [-0.2, 0) is 10.8 Å². The molecule has 0 bridgehead atoms. The number of phenolic OH excluding ortho intramolecular Hbond substituents is 1. The predicted molar refractivity (Wildman–Crippen MR) is 107 cm³/mol. The monoisotopic (exact) mass is 367 g/mol. The fourth-order valence-electron chi connectivity index (χ4n) is 3.06. The Hall–Kier alpha value is -2.89. The molecule has 6 heteroatoms. The zero-order valence-electron chi connectivity index (χ0n) is 16.5. The van der Waals surface area contributed by atoms with Gasteiger partial charge in [-0.15, -0.1) is 0 Å². The van der Waals surface area contributed by atoms with Crippen LogP contribution >= 0.6 is 0 Å². The molecule has 0 atom stereocenters. The highest BCUT2D eigenvalue weighted by atomic mass is 16.6. The van der Waals surface area contributed by atoms with Crippen molar-refractivity contribution in [3.05, 3.63) is 51.6 Å². The summed E-state index contributed by atoms with van der Waals surface area (Å²) >= 11 is 0. The smallest absolute Gasteiger partial charge is 0.271 e. The van der Waals surface area contributed by atoms with Gasteiger partial charge in [0.1, 0.15) is 11.6 Å². The molecule has 0 amide bonds. The van der Waals surface area contributed by atoms with Crippen LogP contribution in [0.4, 0.5) is 5.69 Å². The van der Waals surface area contributed by atoms with Gasteiger partial charge in [0.05, 0.1) is 21.5 Å². The van der Waals surface area contributed by atoms with Gasteiger partial charge in [-0.3, -0.25) is 10.1 Å². The molecule has 3 aromatic rings. The summed E-state index contributed by atoms with van der Waals surface area (Å²) in [5.74, 6) is 0.684. The fourth-order valence-corrected chi connectivity index (χ4v) is 3.06. The zero-order chi connectivity index (χ0) is 20.1. The molecular formula is C21H25N3O3. The van der Waals surface area contributed by atoms with Gasteiger partial charge in [-0.1, -0.05) is 47.6 Å².